The van der Waals surface area contributed by atoms with E-state index in [1.807, 2.05) is 0 Å². The minimum Gasteiger partial charge on any atom is -0.0622 e. The summed E-state index contributed by atoms with van der Waals surface area (Å²) in [6.45, 7) is 2.62. The zero-order valence-corrected chi connectivity index (χ0v) is 26.6. The minimum atomic E-state index is -0.751. The molecular formula is C39H35P3. The third kappa shape index (κ3) is 6.33. The van der Waals surface area contributed by atoms with Gasteiger partial charge in [-0.15, -0.1) is 0 Å². The molecule has 0 saturated heterocycles. The van der Waals surface area contributed by atoms with Crippen molar-refractivity contribution < 1.29 is 0 Å². The van der Waals surface area contributed by atoms with E-state index in [-0.39, 0.29) is 4.90 Å². The van der Waals surface area contributed by atoms with Gasteiger partial charge in [0, 0.05) is 4.90 Å². The van der Waals surface area contributed by atoms with Gasteiger partial charge in [0.15, 0.2) is 0 Å². The van der Waals surface area contributed by atoms with Gasteiger partial charge in [-0.25, -0.2) is 0 Å². The molecule has 0 radical (unpaired) electrons. The Labute approximate surface area is 254 Å². The Morgan fingerprint density at radius 2 is 0.548 bits per heavy atom. The molecule has 0 bridgehead atoms. The van der Waals surface area contributed by atoms with Crippen molar-refractivity contribution in [3.8, 4) is 0 Å². The number of hydrogen-bond acceptors (Lipinski definition) is 0. The van der Waals surface area contributed by atoms with Crippen LogP contribution in [-0.2, 0) is 0 Å². The molecule has 0 heterocycles. The van der Waals surface area contributed by atoms with E-state index in [0.717, 1.165) is 6.16 Å². The second-order valence-corrected chi connectivity index (χ2v) is 18.4. The fraction of sp³-hybridized carbons (Fsp3) is 0.0769. The lowest BCUT2D eigenvalue weighted by Gasteiger charge is -2.47. The first-order valence-electron chi connectivity index (χ1n) is 14.4. The van der Waals surface area contributed by atoms with Crippen molar-refractivity contribution in [2.45, 2.75) is 11.8 Å². The highest BCUT2D eigenvalue weighted by atomic mass is 31.2. The van der Waals surface area contributed by atoms with Crippen LogP contribution in [0.2, 0.25) is 0 Å². The van der Waals surface area contributed by atoms with Crippen LogP contribution in [0.25, 0.3) is 0 Å². The van der Waals surface area contributed by atoms with Crippen LogP contribution in [0.4, 0.5) is 0 Å². The van der Waals surface area contributed by atoms with E-state index in [1.54, 1.807) is 0 Å². The first kappa shape index (κ1) is 28.7. The van der Waals surface area contributed by atoms with E-state index in [4.69, 9.17) is 0 Å². The molecule has 0 nitrogen and oxygen atoms in total. The average Bonchev–Trinajstić information content (AvgIpc) is 3.07. The van der Waals surface area contributed by atoms with Crippen molar-refractivity contribution in [3.05, 3.63) is 182 Å². The van der Waals surface area contributed by atoms with E-state index in [2.05, 4.69) is 189 Å². The Morgan fingerprint density at radius 1 is 0.333 bits per heavy atom. The number of hydrogen-bond donors (Lipinski definition) is 0. The van der Waals surface area contributed by atoms with Crippen LogP contribution in [0.15, 0.2) is 182 Å². The van der Waals surface area contributed by atoms with Crippen LogP contribution in [-0.4, -0.2) is 11.1 Å². The van der Waals surface area contributed by atoms with Crippen LogP contribution >= 0.6 is 23.8 Å². The fourth-order valence-corrected chi connectivity index (χ4v) is 17.0. The zero-order chi connectivity index (χ0) is 28.6. The van der Waals surface area contributed by atoms with Crippen molar-refractivity contribution in [2.75, 3.05) is 6.16 Å². The summed E-state index contributed by atoms with van der Waals surface area (Å²) in [6, 6.07) is 67.8. The van der Waals surface area contributed by atoms with E-state index >= 15 is 0 Å². The topological polar surface area (TPSA) is 0 Å². The molecule has 0 aliphatic rings. The smallest absolute Gasteiger partial charge is 0.0284 e. The molecule has 0 aliphatic carbocycles. The maximum atomic E-state index is 2.62. The second kappa shape index (κ2) is 13.7. The summed E-state index contributed by atoms with van der Waals surface area (Å²) in [4.78, 5) is -0.0620. The summed E-state index contributed by atoms with van der Waals surface area (Å²) in [5.74, 6) is 0. The van der Waals surface area contributed by atoms with Crippen LogP contribution in [0, 0.1) is 0 Å². The summed E-state index contributed by atoms with van der Waals surface area (Å²) < 4.78 is 0. The first-order chi connectivity index (χ1) is 20.7. The van der Waals surface area contributed by atoms with Crippen molar-refractivity contribution in [3.63, 3.8) is 0 Å². The molecule has 0 saturated carbocycles. The minimum absolute atomic E-state index is 0.0620. The second-order valence-electron chi connectivity index (χ2n) is 10.5. The predicted molar refractivity (Wildman–Crippen MR) is 190 cm³/mol. The fourth-order valence-electron chi connectivity index (χ4n) is 5.81. The third-order valence-corrected chi connectivity index (χ3v) is 17.6. The van der Waals surface area contributed by atoms with Gasteiger partial charge >= 0.3 is 0 Å². The lowest BCUT2D eigenvalue weighted by atomic mass is 10.4. The lowest BCUT2D eigenvalue weighted by molar-refractivity contribution is 1.02. The van der Waals surface area contributed by atoms with Crippen molar-refractivity contribution >= 4 is 55.6 Å². The quantitative estimate of drug-likeness (QED) is 0.140. The SMILES string of the molecule is CC(CP(c1ccccc1)c1ccccc1)(P(c1ccccc1)c1ccccc1)P(c1ccccc1)c1ccccc1. The Balaban J connectivity index is 1.64. The molecule has 0 aromatic heterocycles. The summed E-state index contributed by atoms with van der Waals surface area (Å²) >= 11 is 0. The summed E-state index contributed by atoms with van der Waals surface area (Å²) in [6.07, 6.45) is 1.08. The molecule has 0 atom stereocenters. The Bertz CT molecular complexity index is 1440. The van der Waals surface area contributed by atoms with Gasteiger partial charge in [-0.1, -0.05) is 189 Å². The first-order valence-corrected chi connectivity index (χ1v) is 18.6. The molecule has 0 amide bonds. The Kier molecular flexibility index (Phi) is 9.38. The molecule has 42 heavy (non-hydrogen) atoms. The van der Waals surface area contributed by atoms with Crippen molar-refractivity contribution in [2.24, 2.45) is 0 Å². The van der Waals surface area contributed by atoms with E-state index < -0.39 is 23.8 Å². The van der Waals surface area contributed by atoms with Gasteiger partial charge < -0.3 is 0 Å². The highest BCUT2D eigenvalue weighted by Gasteiger charge is 2.46. The van der Waals surface area contributed by atoms with Crippen molar-refractivity contribution in [1.82, 2.24) is 0 Å². The molecule has 6 aromatic carbocycles. The normalized spacial score (nSPS) is 11.7. The van der Waals surface area contributed by atoms with Gasteiger partial charge in [-0.3, -0.25) is 0 Å². The summed E-state index contributed by atoms with van der Waals surface area (Å²) in [5.41, 5.74) is 0. The third-order valence-electron chi connectivity index (χ3n) is 7.61. The van der Waals surface area contributed by atoms with Gasteiger partial charge in [0.25, 0.3) is 0 Å². The van der Waals surface area contributed by atoms with Crippen LogP contribution in [0.3, 0.4) is 0 Å². The molecule has 0 spiro atoms. The molecule has 0 unspecified atom stereocenters. The highest BCUT2D eigenvalue weighted by Crippen LogP contribution is 2.68. The average molecular weight is 597 g/mol. The van der Waals surface area contributed by atoms with Gasteiger partial charge in [-0.2, -0.15) is 0 Å². The Morgan fingerprint density at radius 3 is 0.786 bits per heavy atom. The predicted octanol–water partition coefficient (Wildman–Crippen LogP) is 8.10. The molecule has 6 aromatic rings. The van der Waals surface area contributed by atoms with Gasteiger partial charge in [-0.05, 0) is 61.8 Å². The summed E-state index contributed by atoms with van der Waals surface area (Å²) in [7, 11) is -2.14. The molecule has 6 rings (SSSR count). The number of benzene rings is 6. The monoisotopic (exact) mass is 596 g/mol. The maximum Gasteiger partial charge on any atom is 0.0284 e. The number of rotatable bonds is 10. The van der Waals surface area contributed by atoms with Gasteiger partial charge in [0.1, 0.15) is 0 Å². The molecule has 0 fully saturated rings. The molecule has 0 aliphatic heterocycles. The highest BCUT2D eigenvalue weighted by molar-refractivity contribution is 7.92. The molecule has 206 valence electrons. The van der Waals surface area contributed by atoms with Gasteiger partial charge in [0.05, 0.1) is 0 Å². The van der Waals surface area contributed by atoms with Crippen LogP contribution in [0.5, 0.6) is 0 Å². The zero-order valence-electron chi connectivity index (χ0n) is 23.9. The molecule has 0 N–H and O–H groups in total. The van der Waals surface area contributed by atoms with E-state index in [9.17, 15) is 0 Å². The standard InChI is InChI=1S/C39H35P3/c1-39(41(35-24-12-4-13-25-35)36-26-14-5-15-27-36,42(37-28-16-6-17-29-37)38-30-18-7-19-31-38)32-40(33-20-8-2-9-21-33)34-22-10-3-11-23-34/h2-31H,32H2,1H3. The lowest BCUT2D eigenvalue weighted by Crippen LogP contribution is -2.40. The van der Waals surface area contributed by atoms with Gasteiger partial charge in [0.2, 0.25) is 0 Å². The molecule has 3 heteroatoms. The van der Waals surface area contributed by atoms with Crippen LogP contribution < -0.4 is 31.8 Å². The molecular weight excluding hydrogens is 561 g/mol. The van der Waals surface area contributed by atoms with Crippen molar-refractivity contribution in [1.29, 1.82) is 0 Å². The van der Waals surface area contributed by atoms with Crippen LogP contribution in [0.1, 0.15) is 6.92 Å². The van der Waals surface area contributed by atoms with E-state index in [0.29, 0.717) is 0 Å². The summed E-state index contributed by atoms with van der Waals surface area (Å²) in [5, 5.41) is 8.65. The van der Waals surface area contributed by atoms with E-state index in [1.165, 1.54) is 31.8 Å². The Hall–Kier alpha value is -3.39. The maximum absolute atomic E-state index is 2.62. The largest absolute Gasteiger partial charge is 0.0622 e.